The molecule has 0 aliphatic carbocycles. The van der Waals surface area contributed by atoms with Crippen LogP contribution in [0.25, 0.3) is 0 Å². The van der Waals surface area contributed by atoms with Crippen LogP contribution in [0.15, 0.2) is 34.9 Å². The van der Waals surface area contributed by atoms with Crippen molar-refractivity contribution >= 4 is 11.8 Å². The zero-order chi connectivity index (χ0) is 19.9. The third kappa shape index (κ3) is 5.32. The predicted molar refractivity (Wildman–Crippen MR) is 103 cm³/mol. The minimum Gasteiger partial charge on any atom is -0.484 e. The maximum atomic E-state index is 12.3. The molecule has 0 bridgehead atoms. The lowest BCUT2D eigenvalue weighted by Crippen LogP contribution is -2.50. The van der Waals surface area contributed by atoms with Gasteiger partial charge in [-0.05, 0) is 25.5 Å². The largest absolute Gasteiger partial charge is 0.484 e. The van der Waals surface area contributed by atoms with Crippen LogP contribution < -0.4 is 10.1 Å². The van der Waals surface area contributed by atoms with Gasteiger partial charge in [-0.2, -0.15) is 0 Å². The van der Waals surface area contributed by atoms with E-state index in [4.69, 9.17) is 9.26 Å². The molecule has 150 valence electrons. The number of aryl methyl sites for hydroxylation is 2. The van der Waals surface area contributed by atoms with Crippen molar-refractivity contribution in [2.75, 3.05) is 45.9 Å². The Morgan fingerprint density at radius 2 is 1.93 bits per heavy atom. The van der Waals surface area contributed by atoms with Crippen molar-refractivity contribution in [1.29, 1.82) is 0 Å². The lowest BCUT2D eigenvalue weighted by molar-refractivity contribution is -0.123. The summed E-state index contributed by atoms with van der Waals surface area (Å²) in [7, 11) is 0. The molecule has 3 rings (SSSR count). The Labute approximate surface area is 164 Å². The zero-order valence-electron chi connectivity index (χ0n) is 16.3. The molecule has 1 aliphatic rings. The van der Waals surface area contributed by atoms with Gasteiger partial charge in [0.2, 0.25) is 0 Å². The van der Waals surface area contributed by atoms with Gasteiger partial charge in [-0.3, -0.25) is 14.5 Å². The first-order chi connectivity index (χ1) is 13.5. The summed E-state index contributed by atoms with van der Waals surface area (Å²) in [5, 5.41) is 6.66. The highest BCUT2D eigenvalue weighted by Crippen LogP contribution is 2.15. The van der Waals surface area contributed by atoms with Crippen LogP contribution >= 0.6 is 0 Å². The molecule has 8 nitrogen and oxygen atoms in total. The highest BCUT2D eigenvalue weighted by atomic mass is 16.5. The zero-order valence-corrected chi connectivity index (χ0v) is 16.3. The topological polar surface area (TPSA) is 87.9 Å². The number of ether oxygens (including phenoxy) is 1. The van der Waals surface area contributed by atoms with E-state index in [9.17, 15) is 9.59 Å². The van der Waals surface area contributed by atoms with E-state index < -0.39 is 0 Å². The number of amides is 2. The van der Waals surface area contributed by atoms with Crippen molar-refractivity contribution in [3.05, 3.63) is 47.3 Å². The molecule has 1 aromatic heterocycles. The van der Waals surface area contributed by atoms with Crippen molar-refractivity contribution in [2.24, 2.45) is 0 Å². The quantitative estimate of drug-likeness (QED) is 0.770. The van der Waals surface area contributed by atoms with Gasteiger partial charge in [0.25, 0.3) is 11.8 Å². The van der Waals surface area contributed by atoms with Gasteiger partial charge in [0.15, 0.2) is 12.3 Å². The highest BCUT2D eigenvalue weighted by molar-refractivity contribution is 5.92. The lowest BCUT2D eigenvalue weighted by Gasteiger charge is -2.34. The van der Waals surface area contributed by atoms with Crippen LogP contribution in [-0.4, -0.2) is 72.6 Å². The fourth-order valence-electron chi connectivity index (χ4n) is 3.07. The van der Waals surface area contributed by atoms with E-state index in [2.05, 4.69) is 15.4 Å². The fourth-order valence-corrected chi connectivity index (χ4v) is 3.07. The Hall–Kier alpha value is -2.87. The first kappa shape index (κ1) is 19.9. The van der Waals surface area contributed by atoms with Crippen LogP contribution in [0, 0.1) is 13.8 Å². The number of piperazine rings is 1. The first-order valence-corrected chi connectivity index (χ1v) is 9.43. The number of hydrogen-bond acceptors (Lipinski definition) is 6. The molecule has 28 heavy (non-hydrogen) atoms. The van der Waals surface area contributed by atoms with Crippen LogP contribution in [0.2, 0.25) is 0 Å². The molecule has 0 radical (unpaired) electrons. The minimum atomic E-state index is -0.140. The molecule has 2 aromatic rings. The van der Waals surface area contributed by atoms with Crippen LogP contribution in [0.1, 0.15) is 21.8 Å². The minimum absolute atomic E-state index is 0.00422. The number of benzene rings is 1. The Kier molecular flexibility index (Phi) is 6.65. The molecule has 2 heterocycles. The number of aromatic nitrogens is 1. The van der Waals surface area contributed by atoms with E-state index >= 15 is 0 Å². The van der Waals surface area contributed by atoms with Crippen molar-refractivity contribution in [1.82, 2.24) is 20.3 Å². The summed E-state index contributed by atoms with van der Waals surface area (Å²) in [5.41, 5.74) is 1.36. The molecule has 0 atom stereocenters. The van der Waals surface area contributed by atoms with E-state index in [0.717, 1.165) is 30.9 Å². The second-order valence-electron chi connectivity index (χ2n) is 6.86. The molecular weight excluding hydrogens is 360 g/mol. The lowest BCUT2D eigenvalue weighted by atomic mass is 10.2. The fraction of sp³-hybridized carbons (Fsp3) is 0.450. The Balaban J connectivity index is 1.32. The second-order valence-corrected chi connectivity index (χ2v) is 6.86. The number of rotatable bonds is 7. The van der Waals surface area contributed by atoms with Crippen molar-refractivity contribution in [3.8, 4) is 5.75 Å². The number of nitrogens with zero attached hydrogens (tertiary/aromatic N) is 3. The molecular formula is C20H26N4O4. The smallest absolute Gasteiger partial charge is 0.276 e. The predicted octanol–water partition coefficient (Wildman–Crippen LogP) is 1.24. The summed E-state index contributed by atoms with van der Waals surface area (Å²) in [6.45, 7) is 7.79. The molecule has 1 N–H and O–H groups in total. The summed E-state index contributed by atoms with van der Waals surface area (Å²) < 4.78 is 10.5. The van der Waals surface area contributed by atoms with Gasteiger partial charge < -0.3 is 19.5 Å². The molecule has 1 saturated heterocycles. The van der Waals surface area contributed by atoms with Crippen LogP contribution in [0.5, 0.6) is 5.75 Å². The van der Waals surface area contributed by atoms with Crippen LogP contribution in [0.4, 0.5) is 0 Å². The van der Waals surface area contributed by atoms with Gasteiger partial charge in [-0.15, -0.1) is 0 Å². The maximum absolute atomic E-state index is 12.3. The molecule has 0 spiro atoms. The van der Waals surface area contributed by atoms with E-state index in [-0.39, 0.29) is 18.4 Å². The van der Waals surface area contributed by atoms with Gasteiger partial charge in [0.05, 0.1) is 0 Å². The third-order valence-electron chi connectivity index (χ3n) is 4.71. The molecule has 1 aliphatic heterocycles. The van der Waals surface area contributed by atoms with Gasteiger partial charge >= 0.3 is 0 Å². The first-order valence-electron chi connectivity index (χ1n) is 9.43. The molecule has 1 aromatic carbocycles. The molecule has 8 heteroatoms. The SMILES string of the molecule is Cc1cc(C(=O)N2CCN(CCNC(=O)COc3ccccc3C)CC2)no1. The molecule has 1 fully saturated rings. The summed E-state index contributed by atoms with van der Waals surface area (Å²) >= 11 is 0. The number of carbonyl (C=O) groups is 2. The van der Waals surface area contributed by atoms with Crippen LogP contribution in [-0.2, 0) is 4.79 Å². The molecule has 0 saturated carbocycles. The standard InChI is InChI=1S/C20H26N4O4/c1-15-5-3-4-6-18(15)27-14-19(25)21-7-8-23-9-11-24(12-10-23)20(26)17-13-16(2)28-22-17/h3-6,13H,7-12,14H2,1-2H3,(H,21,25). The summed E-state index contributed by atoms with van der Waals surface area (Å²) in [4.78, 5) is 28.3. The van der Waals surface area contributed by atoms with E-state index in [1.165, 1.54) is 0 Å². The Bertz CT molecular complexity index is 812. The molecule has 2 amide bonds. The second kappa shape index (κ2) is 9.36. The van der Waals surface area contributed by atoms with Crippen molar-refractivity contribution in [2.45, 2.75) is 13.8 Å². The van der Waals surface area contributed by atoms with E-state index in [1.807, 2.05) is 31.2 Å². The molecule has 0 unspecified atom stereocenters. The number of para-hydroxylation sites is 1. The van der Waals surface area contributed by atoms with E-state index in [0.29, 0.717) is 31.1 Å². The maximum Gasteiger partial charge on any atom is 0.276 e. The van der Waals surface area contributed by atoms with Gasteiger partial charge in [0, 0.05) is 45.3 Å². The Morgan fingerprint density at radius 3 is 2.61 bits per heavy atom. The number of nitrogens with one attached hydrogen (secondary N) is 1. The summed E-state index contributed by atoms with van der Waals surface area (Å²) in [6.07, 6.45) is 0. The van der Waals surface area contributed by atoms with E-state index in [1.54, 1.807) is 17.9 Å². The van der Waals surface area contributed by atoms with Crippen molar-refractivity contribution in [3.63, 3.8) is 0 Å². The highest BCUT2D eigenvalue weighted by Gasteiger charge is 2.24. The average molecular weight is 386 g/mol. The number of hydrogen-bond donors (Lipinski definition) is 1. The van der Waals surface area contributed by atoms with Gasteiger partial charge in [-0.25, -0.2) is 0 Å². The van der Waals surface area contributed by atoms with Gasteiger partial charge in [0.1, 0.15) is 11.5 Å². The summed E-state index contributed by atoms with van der Waals surface area (Å²) in [5.74, 6) is 1.11. The summed E-state index contributed by atoms with van der Waals surface area (Å²) in [6, 6.07) is 9.27. The van der Waals surface area contributed by atoms with Gasteiger partial charge in [-0.1, -0.05) is 23.4 Å². The normalized spacial score (nSPS) is 14.7. The third-order valence-corrected chi connectivity index (χ3v) is 4.71. The van der Waals surface area contributed by atoms with Crippen LogP contribution in [0.3, 0.4) is 0 Å². The monoisotopic (exact) mass is 386 g/mol. The van der Waals surface area contributed by atoms with Crippen molar-refractivity contribution < 1.29 is 18.8 Å². The Morgan fingerprint density at radius 1 is 1.18 bits per heavy atom. The average Bonchev–Trinajstić information content (AvgIpc) is 3.14. The number of carbonyl (C=O) groups excluding carboxylic acids is 2.